The fraction of sp³-hybridized carbons (Fsp3) is 0.208. The molecule has 1 aliphatic heterocycles. The number of nitrogens with one attached hydrogen (secondary N) is 4. The Morgan fingerprint density at radius 1 is 1.18 bits per heavy atom. The molecule has 8 nitrogen and oxygen atoms in total. The minimum absolute atomic E-state index is 0.0781. The van der Waals surface area contributed by atoms with Crippen LogP contribution in [0.4, 0.5) is 5.69 Å². The van der Waals surface area contributed by atoms with E-state index < -0.39 is 0 Å². The summed E-state index contributed by atoms with van der Waals surface area (Å²) in [5, 5.41) is 16.6. The Labute approximate surface area is 198 Å². The van der Waals surface area contributed by atoms with Gasteiger partial charge >= 0.3 is 0 Å². The van der Waals surface area contributed by atoms with Gasteiger partial charge in [0.1, 0.15) is 22.7 Å². The first kappa shape index (κ1) is 21.4. The number of hydrogen-bond donors (Lipinski definition) is 5. The Bertz CT molecular complexity index is 1380. The Balaban J connectivity index is 1.51. The first-order chi connectivity index (χ1) is 16.1. The third-order valence-corrected chi connectivity index (χ3v) is 6.19. The van der Waals surface area contributed by atoms with Gasteiger partial charge in [0.2, 0.25) is 0 Å². The number of aromatic amines is 2. The van der Waals surface area contributed by atoms with Gasteiger partial charge in [0, 0.05) is 22.8 Å². The number of fused-ring (bicyclic) bond motifs is 1. The zero-order valence-electron chi connectivity index (χ0n) is 17.7. The van der Waals surface area contributed by atoms with E-state index in [0.29, 0.717) is 23.5 Å². The lowest BCUT2D eigenvalue weighted by Crippen LogP contribution is -2.28. The van der Waals surface area contributed by atoms with Gasteiger partial charge in [-0.3, -0.25) is 9.79 Å². The summed E-state index contributed by atoms with van der Waals surface area (Å²) in [5.41, 5.74) is 4.29. The molecule has 33 heavy (non-hydrogen) atoms. The van der Waals surface area contributed by atoms with Crippen molar-refractivity contribution in [3.8, 4) is 11.4 Å². The zero-order valence-corrected chi connectivity index (χ0v) is 19.3. The molecule has 0 radical (unpaired) electrons. The Hall–Kier alpha value is -3.43. The highest BCUT2D eigenvalue weighted by Crippen LogP contribution is 2.30. The number of rotatable bonds is 7. The number of nitrogens with zero attached hydrogens (tertiary/aromatic N) is 2. The van der Waals surface area contributed by atoms with E-state index in [-0.39, 0.29) is 18.2 Å². The molecule has 0 bridgehead atoms. The van der Waals surface area contributed by atoms with Gasteiger partial charge in [-0.15, -0.1) is 0 Å². The van der Waals surface area contributed by atoms with Crippen LogP contribution in [0.2, 0.25) is 0 Å². The fourth-order valence-corrected chi connectivity index (χ4v) is 4.58. The summed E-state index contributed by atoms with van der Waals surface area (Å²) in [6, 6.07) is 15.4. The molecule has 0 fully saturated rings. The standard InChI is InChI=1S/C24H23BrN6O2/c25-17-11-15(22-26-8-9-27-22)12-19-21(17)31-23(30-19)20-18(6-7-28-24(20)33)29-16(13-32)10-14-4-2-1-3-5-14/h1-7,11-12,16,32H,8-10,13H2,(H,26,27)(H,30,31)(H2,28,29,33)/t16-/m0/s1. The van der Waals surface area contributed by atoms with Crippen molar-refractivity contribution < 1.29 is 5.11 Å². The van der Waals surface area contributed by atoms with Crippen molar-refractivity contribution in [2.45, 2.75) is 12.5 Å². The highest BCUT2D eigenvalue weighted by molar-refractivity contribution is 9.10. The van der Waals surface area contributed by atoms with E-state index in [4.69, 9.17) is 4.98 Å². The number of imidazole rings is 1. The quantitative estimate of drug-likeness (QED) is 0.264. The van der Waals surface area contributed by atoms with Crippen molar-refractivity contribution in [3.63, 3.8) is 0 Å². The third kappa shape index (κ3) is 4.42. The topological polar surface area (TPSA) is 118 Å². The molecule has 9 heteroatoms. The van der Waals surface area contributed by atoms with Crippen molar-refractivity contribution in [1.82, 2.24) is 20.3 Å². The molecule has 0 saturated carbocycles. The van der Waals surface area contributed by atoms with Gasteiger partial charge in [-0.05, 0) is 46.1 Å². The van der Waals surface area contributed by atoms with Crippen molar-refractivity contribution >= 4 is 38.5 Å². The lowest BCUT2D eigenvalue weighted by atomic mass is 10.1. The number of anilines is 1. The van der Waals surface area contributed by atoms with Crippen LogP contribution in [0.25, 0.3) is 22.4 Å². The van der Waals surface area contributed by atoms with Gasteiger partial charge in [0.25, 0.3) is 5.56 Å². The number of pyridine rings is 1. The summed E-state index contributed by atoms with van der Waals surface area (Å²) in [4.78, 5) is 28.1. The molecule has 5 N–H and O–H groups in total. The zero-order chi connectivity index (χ0) is 22.8. The predicted molar refractivity (Wildman–Crippen MR) is 134 cm³/mol. The molecule has 4 aromatic rings. The van der Waals surface area contributed by atoms with Crippen molar-refractivity contribution in [2.75, 3.05) is 25.0 Å². The second-order valence-electron chi connectivity index (χ2n) is 7.91. The lowest BCUT2D eigenvalue weighted by Gasteiger charge is -2.19. The van der Waals surface area contributed by atoms with Gasteiger partial charge < -0.3 is 25.7 Å². The van der Waals surface area contributed by atoms with Crippen molar-refractivity contribution in [3.05, 3.63) is 80.7 Å². The molecule has 3 heterocycles. The molecule has 2 aromatic heterocycles. The molecule has 0 amide bonds. The molecule has 5 rings (SSSR count). The van der Waals surface area contributed by atoms with Gasteiger partial charge in [0.05, 0.1) is 30.4 Å². The van der Waals surface area contributed by atoms with Gasteiger partial charge in [-0.25, -0.2) is 4.98 Å². The molecule has 168 valence electrons. The summed E-state index contributed by atoms with van der Waals surface area (Å²) in [6.45, 7) is 1.50. The maximum atomic E-state index is 12.8. The molecular formula is C24H23BrN6O2. The van der Waals surface area contributed by atoms with E-state index in [1.807, 2.05) is 42.5 Å². The number of aliphatic hydroxyl groups is 1. The van der Waals surface area contributed by atoms with E-state index >= 15 is 0 Å². The summed E-state index contributed by atoms with van der Waals surface area (Å²) in [7, 11) is 0. The maximum Gasteiger partial charge on any atom is 0.261 e. The highest BCUT2D eigenvalue weighted by atomic mass is 79.9. The molecule has 0 spiro atoms. The monoisotopic (exact) mass is 506 g/mol. The smallest absolute Gasteiger partial charge is 0.261 e. The lowest BCUT2D eigenvalue weighted by molar-refractivity contribution is 0.274. The van der Waals surface area contributed by atoms with Crippen LogP contribution < -0.4 is 16.2 Å². The van der Waals surface area contributed by atoms with Gasteiger partial charge in [-0.1, -0.05) is 30.3 Å². The number of aromatic nitrogens is 3. The minimum Gasteiger partial charge on any atom is -0.394 e. The van der Waals surface area contributed by atoms with Gasteiger partial charge in [0.15, 0.2) is 0 Å². The molecule has 0 unspecified atom stereocenters. The molecule has 2 aromatic carbocycles. The Morgan fingerprint density at radius 3 is 2.79 bits per heavy atom. The number of H-pyrrole nitrogens is 2. The fourth-order valence-electron chi connectivity index (χ4n) is 4.04. The van der Waals surface area contributed by atoms with E-state index in [1.165, 1.54) is 0 Å². The Morgan fingerprint density at radius 2 is 2.03 bits per heavy atom. The van der Waals surface area contributed by atoms with E-state index in [0.717, 1.165) is 45.6 Å². The first-order valence-corrected chi connectivity index (χ1v) is 11.5. The maximum absolute atomic E-state index is 12.8. The average Bonchev–Trinajstić information content (AvgIpc) is 3.50. The van der Waals surface area contributed by atoms with Crippen LogP contribution in [0.15, 0.2) is 69.0 Å². The number of hydrogen-bond acceptors (Lipinski definition) is 6. The Kier molecular flexibility index (Phi) is 5.97. The second-order valence-corrected chi connectivity index (χ2v) is 8.76. The number of benzene rings is 2. The summed E-state index contributed by atoms with van der Waals surface area (Å²) in [6.07, 6.45) is 2.21. The largest absolute Gasteiger partial charge is 0.394 e. The third-order valence-electron chi connectivity index (χ3n) is 5.59. The summed E-state index contributed by atoms with van der Waals surface area (Å²) in [5.74, 6) is 1.30. The van der Waals surface area contributed by atoms with Crippen LogP contribution in [0.1, 0.15) is 11.1 Å². The number of halogens is 1. The molecule has 1 aliphatic rings. The first-order valence-electron chi connectivity index (χ1n) is 10.7. The highest BCUT2D eigenvalue weighted by Gasteiger charge is 2.19. The molecule has 1 atom stereocenters. The summed E-state index contributed by atoms with van der Waals surface area (Å²) >= 11 is 3.61. The van der Waals surface area contributed by atoms with Gasteiger partial charge in [-0.2, -0.15) is 0 Å². The minimum atomic E-state index is -0.270. The van der Waals surface area contributed by atoms with Crippen LogP contribution >= 0.6 is 15.9 Å². The number of amidine groups is 1. The van der Waals surface area contributed by atoms with Crippen LogP contribution in [-0.4, -0.2) is 51.6 Å². The van der Waals surface area contributed by atoms with E-state index in [9.17, 15) is 9.90 Å². The SMILES string of the molecule is O=c1[nH]ccc(N[C@H](CO)Cc2ccccc2)c1-c1nc2c(Br)cc(C3=NCCN3)cc2[nH]1. The van der Waals surface area contributed by atoms with Crippen LogP contribution in [0.5, 0.6) is 0 Å². The molecule has 0 aliphatic carbocycles. The summed E-state index contributed by atoms with van der Waals surface area (Å²) < 4.78 is 0.813. The van der Waals surface area contributed by atoms with Crippen LogP contribution in [0, 0.1) is 0 Å². The average molecular weight is 507 g/mol. The molecule has 0 saturated heterocycles. The molecular weight excluding hydrogens is 484 g/mol. The van der Waals surface area contributed by atoms with Crippen LogP contribution in [0.3, 0.4) is 0 Å². The van der Waals surface area contributed by atoms with Crippen molar-refractivity contribution in [1.29, 1.82) is 0 Å². The van der Waals surface area contributed by atoms with Crippen molar-refractivity contribution in [2.24, 2.45) is 4.99 Å². The van der Waals surface area contributed by atoms with E-state index in [1.54, 1.807) is 12.3 Å². The van der Waals surface area contributed by atoms with E-state index in [2.05, 4.69) is 41.5 Å². The van der Waals surface area contributed by atoms with Crippen LogP contribution in [-0.2, 0) is 6.42 Å². The normalized spacial score (nSPS) is 14.2. The second kappa shape index (κ2) is 9.21. The predicted octanol–water partition coefficient (Wildman–Crippen LogP) is 3.05. The number of aliphatic imine (C=N–C) groups is 1. The number of aliphatic hydroxyl groups excluding tert-OH is 1.